The number of piperidine rings is 1. The number of alkyl halides is 4. The number of hydrogen-bond acceptors (Lipinski definition) is 2. The van der Waals surface area contributed by atoms with Crippen LogP contribution in [0.5, 0.6) is 0 Å². The van der Waals surface area contributed by atoms with Crippen LogP contribution in [0.1, 0.15) is 26.2 Å². The molecule has 1 aliphatic rings. The highest BCUT2D eigenvalue weighted by Gasteiger charge is 2.33. The molecule has 0 spiro atoms. The van der Waals surface area contributed by atoms with Crippen molar-refractivity contribution in [2.24, 2.45) is 5.92 Å². The van der Waals surface area contributed by atoms with Crippen molar-refractivity contribution in [1.29, 1.82) is 0 Å². The van der Waals surface area contributed by atoms with Crippen LogP contribution < -0.4 is 0 Å². The summed E-state index contributed by atoms with van der Waals surface area (Å²) in [6.07, 6.45) is -5.13. The van der Waals surface area contributed by atoms with E-state index in [1.165, 1.54) is 4.31 Å². The van der Waals surface area contributed by atoms with Gasteiger partial charge in [-0.3, -0.25) is 0 Å². The molecule has 0 amide bonds. The Balaban J connectivity index is 2.49. The Hall–Kier alpha value is -0.0100. The van der Waals surface area contributed by atoms with Gasteiger partial charge in [-0.25, -0.2) is 12.7 Å². The minimum atomic E-state index is -4.30. The summed E-state index contributed by atoms with van der Waals surface area (Å²) in [4.78, 5) is 0. The molecule has 0 aliphatic carbocycles. The summed E-state index contributed by atoms with van der Waals surface area (Å²) in [5.74, 6) is -0.238. The van der Waals surface area contributed by atoms with Crippen LogP contribution in [-0.4, -0.2) is 43.1 Å². The lowest BCUT2D eigenvalue weighted by atomic mass is 10.0. The maximum atomic E-state index is 12.0. The lowest BCUT2D eigenvalue weighted by molar-refractivity contribution is -0.134. The second-order valence-electron chi connectivity index (χ2n) is 4.67. The average molecular weight is 308 g/mol. The van der Waals surface area contributed by atoms with Gasteiger partial charge in [-0.15, -0.1) is 11.6 Å². The van der Waals surface area contributed by atoms with Gasteiger partial charge in [-0.05, 0) is 18.8 Å². The van der Waals surface area contributed by atoms with Gasteiger partial charge in [0.05, 0.1) is 5.75 Å². The summed E-state index contributed by atoms with van der Waals surface area (Å²) in [6.45, 7) is 2.47. The van der Waals surface area contributed by atoms with Gasteiger partial charge in [0.1, 0.15) is 0 Å². The molecule has 1 rings (SSSR count). The van der Waals surface area contributed by atoms with Crippen LogP contribution in [0.3, 0.4) is 0 Å². The summed E-state index contributed by atoms with van der Waals surface area (Å²) in [6, 6.07) is 0. The molecule has 2 atom stereocenters. The van der Waals surface area contributed by atoms with Crippen molar-refractivity contribution in [3.05, 3.63) is 0 Å². The molecule has 108 valence electrons. The first-order valence-corrected chi connectivity index (χ1v) is 7.85. The highest BCUT2D eigenvalue weighted by molar-refractivity contribution is 7.89. The predicted octanol–water partition coefficient (Wildman–Crippen LogP) is 2.61. The Labute approximate surface area is 110 Å². The van der Waals surface area contributed by atoms with E-state index in [4.69, 9.17) is 11.6 Å². The molecule has 0 N–H and O–H groups in total. The van der Waals surface area contributed by atoms with Crippen LogP contribution in [0.4, 0.5) is 13.2 Å². The molecule has 0 aromatic carbocycles. The molecule has 0 aromatic heterocycles. The van der Waals surface area contributed by atoms with Gasteiger partial charge < -0.3 is 0 Å². The van der Waals surface area contributed by atoms with E-state index in [0.29, 0.717) is 13.0 Å². The first kappa shape index (κ1) is 16.0. The van der Waals surface area contributed by atoms with Crippen molar-refractivity contribution >= 4 is 21.6 Å². The largest absolute Gasteiger partial charge is 0.389 e. The lowest BCUT2D eigenvalue weighted by Crippen LogP contribution is -2.44. The highest BCUT2D eigenvalue weighted by Crippen LogP contribution is 2.25. The maximum absolute atomic E-state index is 12.0. The van der Waals surface area contributed by atoms with Crippen LogP contribution >= 0.6 is 11.6 Å². The number of hydrogen-bond donors (Lipinski definition) is 0. The maximum Gasteiger partial charge on any atom is 0.389 e. The van der Waals surface area contributed by atoms with Crippen molar-refractivity contribution in [2.45, 2.75) is 37.7 Å². The summed E-state index contributed by atoms with van der Waals surface area (Å²) in [5, 5.41) is -0.267. The molecule has 18 heavy (non-hydrogen) atoms. The Kier molecular flexibility index (Phi) is 5.32. The van der Waals surface area contributed by atoms with Gasteiger partial charge in [0.25, 0.3) is 0 Å². The smallest absolute Gasteiger partial charge is 0.212 e. The quantitative estimate of drug-likeness (QED) is 0.749. The molecule has 0 radical (unpaired) electrons. The fourth-order valence-electron chi connectivity index (χ4n) is 1.83. The van der Waals surface area contributed by atoms with Crippen molar-refractivity contribution in [3.63, 3.8) is 0 Å². The van der Waals surface area contributed by atoms with Crippen LogP contribution in [0.15, 0.2) is 0 Å². The third kappa shape index (κ3) is 4.93. The van der Waals surface area contributed by atoms with E-state index < -0.39 is 34.8 Å². The summed E-state index contributed by atoms with van der Waals surface area (Å²) in [5.41, 5.74) is 0. The van der Waals surface area contributed by atoms with Crippen LogP contribution in [0.2, 0.25) is 0 Å². The molecule has 1 saturated heterocycles. The summed E-state index contributed by atoms with van der Waals surface area (Å²) < 4.78 is 60.7. The zero-order valence-corrected chi connectivity index (χ0v) is 11.7. The van der Waals surface area contributed by atoms with E-state index in [9.17, 15) is 21.6 Å². The van der Waals surface area contributed by atoms with Gasteiger partial charge in [-0.2, -0.15) is 13.2 Å². The van der Waals surface area contributed by atoms with Gasteiger partial charge in [0, 0.05) is 24.9 Å². The van der Waals surface area contributed by atoms with E-state index >= 15 is 0 Å². The van der Waals surface area contributed by atoms with Crippen molar-refractivity contribution in [2.75, 3.05) is 18.8 Å². The molecule has 8 heteroatoms. The van der Waals surface area contributed by atoms with Crippen molar-refractivity contribution in [3.8, 4) is 0 Å². The van der Waals surface area contributed by atoms with Gasteiger partial charge >= 0.3 is 6.18 Å². The lowest BCUT2D eigenvalue weighted by Gasteiger charge is -2.33. The average Bonchev–Trinajstić information content (AvgIpc) is 2.19. The molecule has 2 unspecified atom stereocenters. The molecule has 0 bridgehead atoms. The van der Waals surface area contributed by atoms with Gasteiger partial charge in [-0.1, -0.05) is 6.92 Å². The van der Waals surface area contributed by atoms with Gasteiger partial charge in [0.15, 0.2) is 0 Å². The normalized spacial score (nSPS) is 27.4. The number of rotatable bonds is 4. The number of sulfonamides is 1. The predicted molar refractivity (Wildman–Crippen MR) is 64.1 cm³/mol. The van der Waals surface area contributed by atoms with E-state index in [-0.39, 0.29) is 17.8 Å². The zero-order valence-electron chi connectivity index (χ0n) is 10.1. The number of nitrogens with zero attached hydrogens (tertiary/aromatic N) is 1. The van der Waals surface area contributed by atoms with E-state index in [2.05, 4.69) is 0 Å². The SMILES string of the molecule is CC1CCN(S(=O)(=O)CCCC(F)(F)F)CC1Cl. The monoisotopic (exact) mass is 307 g/mol. The minimum Gasteiger partial charge on any atom is -0.212 e. The highest BCUT2D eigenvalue weighted by atomic mass is 35.5. The second-order valence-corrected chi connectivity index (χ2v) is 7.32. The molecule has 0 aromatic rings. The molecule has 1 heterocycles. The van der Waals surface area contributed by atoms with Crippen molar-refractivity contribution in [1.82, 2.24) is 4.31 Å². The van der Waals surface area contributed by atoms with Crippen LogP contribution in [0, 0.1) is 5.92 Å². The first-order chi connectivity index (χ1) is 8.12. The minimum absolute atomic E-state index is 0.192. The summed E-state index contributed by atoms with van der Waals surface area (Å²) in [7, 11) is -3.61. The fraction of sp³-hybridized carbons (Fsp3) is 1.00. The number of halogens is 4. The fourth-order valence-corrected chi connectivity index (χ4v) is 3.74. The molecular formula is C10H17ClF3NO2S. The topological polar surface area (TPSA) is 37.4 Å². The first-order valence-electron chi connectivity index (χ1n) is 5.80. The Morgan fingerprint density at radius 1 is 1.39 bits per heavy atom. The third-order valence-corrected chi connectivity index (χ3v) is 5.58. The van der Waals surface area contributed by atoms with Crippen LogP contribution in [0.25, 0.3) is 0 Å². The Bertz CT molecular complexity index is 372. The van der Waals surface area contributed by atoms with E-state index in [1.807, 2.05) is 6.92 Å². The molecular weight excluding hydrogens is 291 g/mol. The van der Waals surface area contributed by atoms with Crippen molar-refractivity contribution < 1.29 is 21.6 Å². The molecule has 3 nitrogen and oxygen atoms in total. The molecule has 1 fully saturated rings. The van der Waals surface area contributed by atoms with E-state index in [0.717, 1.165) is 0 Å². The van der Waals surface area contributed by atoms with E-state index in [1.54, 1.807) is 0 Å². The standard InChI is InChI=1S/C10H17ClF3NO2S/c1-8-3-5-15(7-9(8)11)18(16,17)6-2-4-10(12,13)14/h8-9H,2-7H2,1H3. The molecule has 0 saturated carbocycles. The molecule has 1 aliphatic heterocycles. The Morgan fingerprint density at radius 3 is 2.50 bits per heavy atom. The van der Waals surface area contributed by atoms with Gasteiger partial charge in [0.2, 0.25) is 10.0 Å². The van der Waals surface area contributed by atoms with Crippen LogP contribution in [-0.2, 0) is 10.0 Å². The second kappa shape index (κ2) is 5.96. The third-order valence-electron chi connectivity index (χ3n) is 3.09. The zero-order chi connectivity index (χ0) is 14.0. The Morgan fingerprint density at radius 2 is 2.00 bits per heavy atom. The summed E-state index contributed by atoms with van der Waals surface area (Å²) >= 11 is 5.99.